The van der Waals surface area contributed by atoms with Crippen molar-refractivity contribution < 1.29 is 14.3 Å². The molecule has 2 fully saturated rings. The summed E-state index contributed by atoms with van der Waals surface area (Å²) in [6, 6.07) is 8.36. The first-order valence-corrected chi connectivity index (χ1v) is 9.17. The third kappa shape index (κ3) is 4.27. The van der Waals surface area contributed by atoms with Crippen LogP contribution in [0.4, 0.5) is 0 Å². The van der Waals surface area contributed by atoms with Crippen molar-refractivity contribution in [3.8, 4) is 5.75 Å². The normalized spacial score (nSPS) is 25.8. The molecule has 2 aliphatic rings. The highest BCUT2D eigenvalue weighted by molar-refractivity contribution is 5.66. The van der Waals surface area contributed by atoms with Gasteiger partial charge >= 0.3 is 5.97 Å². The quantitative estimate of drug-likeness (QED) is 0.734. The van der Waals surface area contributed by atoms with Crippen LogP contribution in [0.1, 0.15) is 76.2 Å². The zero-order chi connectivity index (χ0) is 16.1. The third-order valence-electron chi connectivity index (χ3n) is 5.18. The van der Waals surface area contributed by atoms with Crippen molar-refractivity contribution >= 4 is 5.97 Å². The fourth-order valence-electron chi connectivity index (χ4n) is 4.06. The molecule has 0 amide bonds. The van der Waals surface area contributed by atoms with Crippen molar-refractivity contribution in [1.82, 2.24) is 0 Å². The van der Waals surface area contributed by atoms with Gasteiger partial charge in [0.15, 0.2) is 0 Å². The van der Waals surface area contributed by atoms with Crippen molar-refractivity contribution in [2.75, 3.05) is 0 Å². The van der Waals surface area contributed by atoms with Crippen molar-refractivity contribution in [3.63, 3.8) is 0 Å². The highest BCUT2D eigenvalue weighted by Crippen LogP contribution is 2.40. The number of carbonyl (C=O) groups is 1. The van der Waals surface area contributed by atoms with Gasteiger partial charge in [-0.1, -0.05) is 31.0 Å². The van der Waals surface area contributed by atoms with Crippen molar-refractivity contribution in [3.05, 3.63) is 29.8 Å². The predicted molar refractivity (Wildman–Crippen MR) is 90.7 cm³/mol. The molecule has 0 N–H and O–H groups in total. The Labute approximate surface area is 139 Å². The molecule has 3 nitrogen and oxygen atoms in total. The van der Waals surface area contributed by atoms with Gasteiger partial charge in [0.05, 0.1) is 6.10 Å². The van der Waals surface area contributed by atoms with E-state index in [-0.39, 0.29) is 18.0 Å². The minimum atomic E-state index is -0.174. The number of para-hydroxylation sites is 1. The Bertz CT molecular complexity index is 519. The maximum Gasteiger partial charge on any atom is 0.302 e. The van der Waals surface area contributed by atoms with Crippen LogP contribution in [0.2, 0.25) is 0 Å². The SMILES string of the molecule is CC(=O)O[C@@H]1CCCC[C@H]1c1ccccc1OC1CCCCC1. The number of hydrogen-bond acceptors (Lipinski definition) is 3. The average Bonchev–Trinajstić information content (AvgIpc) is 2.56. The van der Waals surface area contributed by atoms with Crippen LogP contribution in [0, 0.1) is 0 Å². The summed E-state index contributed by atoms with van der Waals surface area (Å²) < 4.78 is 12.0. The third-order valence-corrected chi connectivity index (χ3v) is 5.18. The van der Waals surface area contributed by atoms with E-state index in [9.17, 15) is 4.79 Å². The smallest absolute Gasteiger partial charge is 0.302 e. The lowest BCUT2D eigenvalue weighted by molar-refractivity contribution is -0.148. The molecule has 0 radical (unpaired) electrons. The average molecular weight is 316 g/mol. The first kappa shape index (κ1) is 16.4. The minimum Gasteiger partial charge on any atom is -0.490 e. The molecule has 2 atom stereocenters. The van der Waals surface area contributed by atoms with Crippen LogP contribution in [0.3, 0.4) is 0 Å². The largest absolute Gasteiger partial charge is 0.490 e. The Hall–Kier alpha value is -1.51. The summed E-state index contributed by atoms with van der Waals surface area (Å²) in [6.45, 7) is 1.51. The van der Waals surface area contributed by atoms with E-state index in [4.69, 9.17) is 9.47 Å². The van der Waals surface area contributed by atoms with Gasteiger partial charge < -0.3 is 9.47 Å². The van der Waals surface area contributed by atoms with Gasteiger partial charge in [-0.25, -0.2) is 0 Å². The molecular weight excluding hydrogens is 288 g/mol. The van der Waals surface area contributed by atoms with Crippen molar-refractivity contribution in [1.29, 1.82) is 0 Å². The summed E-state index contributed by atoms with van der Waals surface area (Å²) in [5.41, 5.74) is 1.23. The standard InChI is InChI=1S/C20H28O3/c1-15(21)22-19-13-7-5-11-17(19)18-12-6-8-14-20(18)23-16-9-3-2-4-10-16/h6,8,12,14,16-17,19H,2-5,7,9-11,13H2,1H3/t17-,19+/m0/s1. The summed E-state index contributed by atoms with van der Waals surface area (Å²) in [4.78, 5) is 11.4. The van der Waals surface area contributed by atoms with Gasteiger partial charge in [0.2, 0.25) is 0 Å². The topological polar surface area (TPSA) is 35.5 Å². The van der Waals surface area contributed by atoms with E-state index in [0.29, 0.717) is 6.10 Å². The monoisotopic (exact) mass is 316 g/mol. The van der Waals surface area contributed by atoms with Crippen LogP contribution in [0.25, 0.3) is 0 Å². The van der Waals surface area contributed by atoms with E-state index >= 15 is 0 Å². The molecular formula is C20H28O3. The molecule has 0 spiro atoms. The van der Waals surface area contributed by atoms with Crippen LogP contribution < -0.4 is 4.74 Å². The molecule has 3 rings (SSSR count). The first-order chi connectivity index (χ1) is 11.2. The lowest BCUT2D eigenvalue weighted by atomic mass is 9.81. The molecule has 1 aromatic carbocycles. The lowest BCUT2D eigenvalue weighted by Gasteiger charge is -2.33. The number of hydrogen-bond donors (Lipinski definition) is 0. The Balaban J connectivity index is 1.78. The van der Waals surface area contributed by atoms with Crippen LogP contribution in [0.5, 0.6) is 5.75 Å². The second-order valence-electron chi connectivity index (χ2n) is 6.95. The fourth-order valence-corrected chi connectivity index (χ4v) is 4.06. The Morgan fingerprint density at radius 1 is 0.957 bits per heavy atom. The van der Waals surface area contributed by atoms with Gasteiger partial charge in [-0.15, -0.1) is 0 Å². The Morgan fingerprint density at radius 2 is 1.65 bits per heavy atom. The molecule has 0 aromatic heterocycles. The van der Waals surface area contributed by atoms with Gasteiger partial charge in [-0.3, -0.25) is 4.79 Å². The van der Waals surface area contributed by atoms with Gasteiger partial charge in [0.25, 0.3) is 0 Å². The molecule has 126 valence electrons. The van der Waals surface area contributed by atoms with E-state index in [1.807, 2.05) is 6.07 Å². The maximum absolute atomic E-state index is 11.4. The lowest BCUT2D eigenvalue weighted by Crippen LogP contribution is -2.29. The van der Waals surface area contributed by atoms with E-state index < -0.39 is 0 Å². The molecule has 0 aliphatic heterocycles. The van der Waals surface area contributed by atoms with Crippen molar-refractivity contribution in [2.45, 2.75) is 82.8 Å². The van der Waals surface area contributed by atoms with Crippen LogP contribution in [-0.4, -0.2) is 18.2 Å². The number of carbonyl (C=O) groups excluding carboxylic acids is 1. The zero-order valence-electron chi connectivity index (χ0n) is 14.1. The molecule has 2 aliphatic carbocycles. The van der Waals surface area contributed by atoms with E-state index in [1.54, 1.807) is 0 Å². The fraction of sp³-hybridized carbons (Fsp3) is 0.650. The van der Waals surface area contributed by atoms with E-state index in [1.165, 1.54) is 38.2 Å². The Morgan fingerprint density at radius 3 is 2.43 bits per heavy atom. The highest BCUT2D eigenvalue weighted by atomic mass is 16.5. The van der Waals surface area contributed by atoms with Crippen molar-refractivity contribution in [2.24, 2.45) is 0 Å². The van der Waals surface area contributed by atoms with Gasteiger partial charge in [0, 0.05) is 18.4 Å². The van der Waals surface area contributed by atoms with Gasteiger partial charge in [-0.05, 0) is 51.0 Å². The predicted octanol–water partition coefficient (Wildman–Crippen LogP) is 4.99. The van der Waals surface area contributed by atoms with E-state index in [2.05, 4.69) is 18.2 Å². The summed E-state index contributed by atoms with van der Waals surface area (Å²) >= 11 is 0. The van der Waals surface area contributed by atoms with Crippen LogP contribution in [-0.2, 0) is 9.53 Å². The Kier molecular flexibility index (Phi) is 5.58. The molecule has 1 aromatic rings. The zero-order valence-corrected chi connectivity index (χ0v) is 14.1. The van der Waals surface area contributed by atoms with Gasteiger partial charge in [-0.2, -0.15) is 0 Å². The summed E-state index contributed by atoms with van der Waals surface area (Å²) in [5.74, 6) is 1.10. The maximum atomic E-state index is 11.4. The second kappa shape index (κ2) is 7.85. The van der Waals surface area contributed by atoms with E-state index in [0.717, 1.165) is 37.9 Å². The second-order valence-corrected chi connectivity index (χ2v) is 6.95. The summed E-state index contributed by atoms with van der Waals surface area (Å²) in [6.07, 6.45) is 10.9. The molecule has 0 heterocycles. The molecule has 0 unspecified atom stereocenters. The molecule has 0 bridgehead atoms. The number of ether oxygens (including phenoxy) is 2. The summed E-state index contributed by atoms with van der Waals surface area (Å²) in [7, 11) is 0. The molecule has 3 heteroatoms. The van der Waals surface area contributed by atoms with Crippen LogP contribution in [0.15, 0.2) is 24.3 Å². The molecule has 2 saturated carbocycles. The first-order valence-electron chi connectivity index (χ1n) is 9.17. The summed E-state index contributed by atoms with van der Waals surface area (Å²) in [5, 5.41) is 0. The molecule has 0 saturated heterocycles. The number of rotatable bonds is 4. The number of benzene rings is 1. The number of esters is 1. The molecule has 23 heavy (non-hydrogen) atoms. The van der Waals surface area contributed by atoms with Crippen LogP contribution >= 0.6 is 0 Å². The highest BCUT2D eigenvalue weighted by Gasteiger charge is 2.31. The van der Waals surface area contributed by atoms with Gasteiger partial charge in [0.1, 0.15) is 11.9 Å². The minimum absolute atomic E-state index is 0.00245.